The number of aromatic hydroxyl groups is 1. The highest BCUT2D eigenvalue weighted by molar-refractivity contribution is 7.98. The number of nitrogens with zero attached hydrogens (tertiary/aromatic N) is 2. The van der Waals surface area contributed by atoms with E-state index in [0.29, 0.717) is 0 Å². The van der Waals surface area contributed by atoms with Crippen LogP contribution < -0.4 is 4.90 Å². The molecule has 26 heavy (non-hydrogen) atoms. The van der Waals surface area contributed by atoms with Crippen LogP contribution in [0.25, 0.3) is 22.0 Å². The van der Waals surface area contributed by atoms with Gasteiger partial charge in [0.1, 0.15) is 5.75 Å². The Morgan fingerprint density at radius 2 is 1.62 bits per heavy atom. The lowest BCUT2D eigenvalue weighted by Crippen LogP contribution is -2.07. The Balaban J connectivity index is 1.82. The van der Waals surface area contributed by atoms with Gasteiger partial charge in [0.25, 0.3) is 0 Å². The van der Waals surface area contributed by atoms with E-state index in [-0.39, 0.29) is 5.75 Å². The van der Waals surface area contributed by atoms with Gasteiger partial charge in [-0.1, -0.05) is 30.3 Å². The van der Waals surface area contributed by atoms with E-state index in [2.05, 4.69) is 51.5 Å². The van der Waals surface area contributed by atoms with Gasteiger partial charge in [-0.3, -0.25) is 3.97 Å². The van der Waals surface area contributed by atoms with Gasteiger partial charge < -0.3 is 10.0 Å². The molecule has 130 valence electrons. The maximum atomic E-state index is 9.99. The van der Waals surface area contributed by atoms with Crippen LogP contribution in [-0.2, 0) is 0 Å². The first-order valence-corrected chi connectivity index (χ1v) is 9.24. The molecule has 0 atom stereocenters. The fourth-order valence-corrected chi connectivity index (χ4v) is 3.95. The van der Waals surface area contributed by atoms with Crippen LogP contribution in [0.2, 0.25) is 0 Å². The number of phenols is 1. The highest BCUT2D eigenvalue weighted by atomic mass is 32.2. The number of anilines is 1. The molecule has 3 aromatic carbocycles. The van der Waals surface area contributed by atoms with Crippen molar-refractivity contribution in [3.63, 3.8) is 0 Å². The summed E-state index contributed by atoms with van der Waals surface area (Å²) in [6.07, 6.45) is 2.15. The number of hydrogen-bond acceptors (Lipinski definition) is 3. The standard InChI is InChI=1S/C22H20N2OS/c1-23(2)17-10-8-16(9-11-17)21-15-24(26-19-6-4-3-5-7-19)22-13-12-18(25)14-20(21)22/h3-15,25H,1-2H3. The van der Waals surface area contributed by atoms with Crippen molar-refractivity contribution in [2.45, 2.75) is 4.90 Å². The van der Waals surface area contributed by atoms with Crippen LogP contribution in [0.4, 0.5) is 5.69 Å². The van der Waals surface area contributed by atoms with E-state index in [1.807, 2.05) is 44.4 Å². The summed E-state index contributed by atoms with van der Waals surface area (Å²) in [6, 6.07) is 24.4. The lowest BCUT2D eigenvalue weighted by molar-refractivity contribution is 0.476. The van der Waals surface area contributed by atoms with Crippen molar-refractivity contribution in [3.8, 4) is 16.9 Å². The van der Waals surface area contributed by atoms with E-state index >= 15 is 0 Å². The second kappa shape index (κ2) is 6.81. The highest BCUT2D eigenvalue weighted by Gasteiger charge is 2.12. The largest absolute Gasteiger partial charge is 0.508 e. The Labute approximate surface area is 157 Å². The molecule has 4 rings (SSSR count). The maximum Gasteiger partial charge on any atom is 0.116 e. The summed E-state index contributed by atoms with van der Waals surface area (Å²) < 4.78 is 2.17. The van der Waals surface area contributed by atoms with E-state index in [0.717, 1.165) is 22.0 Å². The molecule has 0 aliphatic carbocycles. The Morgan fingerprint density at radius 1 is 0.885 bits per heavy atom. The summed E-state index contributed by atoms with van der Waals surface area (Å²) >= 11 is 1.67. The summed E-state index contributed by atoms with van der Waals surface area (Å²) in [7, 11) is 4.07. The number of phenolic OH excluding ortho intramolecular Hbond substituents is 1. The van der Waals surface area contributed by atoms with Gasteiger partial charge in [0.05, 0.1) is 5.52 Å². The molecule has 0 amide bonds. The highest BCUT2D eigenvalue weighted by Crippen LogP contribution is 2.37. The third-order valence-electron chi connectivity index (χ3n) is 4.40. The van der Waals surface area contributed by atoms with Crippen LogP contribution in [-0.4, -0.2) is 23.2 Å². The minimum Gasteiger partial charge on any atom is -0.508 e. The zero-order valence-corrected chi connectivity index (χ0v) is 15.6. The van der Waals surface area contributed by atoms with E-state index < -0.39 is 0 Å². The first-order chi connectivity index (χ1) is 12.6. The number of aromatic nitrogens is 1. The molecule has 0 bridgehead atoms. The summed E-state index contributed by atoms with van der Waals surface area (Å²) in [5, 5.41) is 11.0. The second-order valence-electron chi connectivity index (χ2n) is 6.42. The summed E-state index contributed by atoms with van der Waals surface area (Å²) in [6.45, 7) is 0. The molecule has 4 heteroatoms. The first kappa shape index (κ1) is 16.6. The number of fused-ring (bicyclic) bond motifs is 1. The molecular weight excluding hydrogens is 340 g/mol. The summed E-state index contributed by atoms with van der Waals surface area (Å²) in [5.41, 5.74) is 4.51. The van der Waals surface area contributed by atoms with Crippen LogP contribution >= 0.6 is 11.9 Å². The number of hydrogen-bond donors (Lipinski definition) is 1. The molecular formula is C22H20N2OS. The molecule has 0 spiro atoms. The van der Waals surface area contributed by atoms with Crippen molar-refractivity contribution >= 4 is 28.5 Å². The average molecular weight is 360 g/mol. The van der Waals surface area contributed by atoms with E-state index in [1.54, 1.807) is 18.0 Å². The van der Waals surface area contributed by atoms with Gasteiger partial charge in [0.15, 0.2) is 0 Å². The monoisotopic (exact) mass is 360 g/mol. The minimum absolute atomic E-state index is 0.283. The van der Waals surface area contributed by atoms with E-state index in [4.69, 9.17) is 0 Å². The summed E-state index contributed by atoms with van der Waals surface area (Å²) in [4.78, 5) is 3.26. The Kier molecular flexibility index (Phi) is 4.35. The fourth-order valence-electron chi connectivity index (χ4n) is 3.03. The molecule has 0 aliphatic rings. The molecule has 1 aromatic heterocycles. The first-order valence-electron chi connectivity index (χ1n) is 8.47. The quantitative estimate of drug-likeness (QED) is 0.511. The van der Waals surface area contributed by atoms with Crippen molar-refractivity contribution < 1.29 is 5.11 Å². The normalized spacial score (nSPS) is 11.0. The van der Waals surface area contributed by atoms with Crippen molar-refractivity contribution in [1.29, 1.82) is 0 Å². The molecule has 1 N–H and O–H groups in total. The van der Waals surface area contributed by atoms with Gasteiger partial charge >= 0.3 is 0 Å². The van der Waals surface area contributed by atoms with Crippen LogP contribution in [0.3, 0.4) is 0 Å². The zero-order valence-electron chi connectivity index (χ0n) is 14.8. The van der Waals surface area contributed by atoms with Crippen LogP contribution in [0.5, 0.6) is 5.75 Å². The molecule has 3 nitrogen and oxygen atoms in total. The Hall–Kier alpha value is -2.85. The van der Waals surface area contributed by atoms with Gasteiger partial charge in [0.2, 0.25) is 0 Å². The lowest BCUT2D eigenvalue weighted by atomic mass is 10.0. The van der Waals surface area contributed by atoms with Crippen molar-refractivity contribution in [2.75, 3.05) is 19.0 Å². The van der Waals surface area contributed by atoms with Crippen LogP contribution in [0, 0.1) is 0 Å². The lowest BCUT2D eigenvalue weighted by Gasteiger charge is -2.12. The topological polar surface area (TPSA) is 28.4 Å². The molecule has 0 saturated heterocycles. The smallest absolute Gasteiger partial charge is 0.116 e. The zero-order chi connectivity index (χ0) is 18.1. The van der Waals surface area contributed by atoms with Gasteiger partial charge in [-0.25, -0.2) is 0 Å². The van der Waals surface area contributed by atoms with Crippen molar-refractivity contribution in [1.82, 2.24) is 3.97 Å². The van der Waals surface area contributed by atoms with E-state index in [9.17, 15) is 5.11 Å². The third-order valence-corrected chi connectivity index (χ3v) is 5.38. The van der Waals surface area contributed by atoms with Gasteiger partial charge in [-0.05, 0) is 60.0 Å². The van der Waals surface area contributed by atoms with Gasteiger partial charge in [-0.2, -0.15) is 0 Å². The maximum absolute atomic E-state index is 9.99. The molecule has 0 saturated carbocycles. The molecule has 0 radical (unpaired) electrons. The molecule has 0 fully saturated rings. The molecule has 4 aromatic rings. The predicted octanol–water partition coefficient (Wildman–Crippen LogP) is 5.64. The predicted molar refractivity (Wildman–Crippen MR) is 111 cm³/mol. The molecule has 0 unspecified atom stereocenters. The average Bonchev–Trinajstić information content (AvgIpc) is 3.00. The minimum atomic E-state index is 0.283. The Morgan fingerprint density at radius 3 is 2.31 bits per heavy atom. The number of benzene rings is 3. The van der Waals surface area contributed by atoms with Crippen LogP contribution in [0.1, 0.15) is 0 Å². The fraction of sp³-hybridized carbons (Fsp3) is 0.0909. The van der Waals surface area contributed by atoms with E-state index in [1.165, 1.54) is 10.6 Å². The second-order valence-corrected chi connectivity index (χ2v) is 7.46. The SMILES string of the molecule is CN(C)c1ccc(-c2cn(Sc3ccccc3)c3ccc(O)cc23)cc1. The van der Waals surface area contributed by atoms with Crippen LogP contribution in [0.15, 0.2) is 83.9 Å². The summed E-state index contributed by atoms with van der Waals surface area (Å²) in [5.74, 6) is 0.283. The van der Waals surface area contributed by atoms with Gasteiger partial charge in [0, 0.05) is 41.8 Å². The molecule has 0 aliphatic heterocycles. The van der Waals surface area contributed by atoms with Crippen molar-refractivity contribution in [3.05, 3.63) is 79.0 Å². The third kappa shape index (κ3) is 3.16. The van der Waals surface area contributed by atoms with Crippen molar-refractivity contribution in [2.24, 2.45) is 0 Å². The molecule has 1 heterocycles. The van der Waals surface area contributed by atoms with Gasteiger partial charge in [-0.15, -0.1) is 0 Å². The Bertz CT molecular complexity index is 1040. The number of rotatable bonds is 4.